The number of aromatic nitrogens is 3. The predicted octanol–water partition coefficient (Wildman–Crippen LogP) is 2.05. The number of rotatable bonds is 1. The lowest BCUT2D eigenvalue weighted by atomic mass is 10.3. The molecule has 0 spiro atoms. The van der Waals surface area contributed by atoms with Gasteiger partial charge in [0.05, 0.1) is 22.9 Å². The topological polar surface area (TPSA) is 41.9 Å². The molecule has 0 bridgehead atoms. The van der Waals surface area contributed by atoms with Crippen LogP contribution >= 0.6 is 11.6 Å². The highest BCUT2D eigenvalue weighted by atomic mass is 35.5. The number of anilines is 1. The Morgan fingerprint density at radius 2 is 2.12 bits per heavy atom. The van der Waals surface area contributed by atoms with Gasteiger partial charge in [-0.1, -0.05) is 11.6 Å². The summed E-state index contributed by atoms with van der Waals surface area (Å²) in [5.41, 5.74) is 3.23. The second-order valence-electron chi connectivity index (χ2n) is 3.68. The van der Waals surface area contributed by atoms with E-state index in [-0.39, 0.29) is 0 Å². The monoisotopic (exact) mass is 232 g/mol. The van der Waals surface area contributed by atoms with E-state index in [0.29, 0.717) is 5.02 Å². The highest BCUT2D eigenvalue weighted by Gasteiger charge is 2.21. The van der Waals surface area contributed by atoms with Crippen LogP contribution in [-0.2, 0) is 13.1 Å². The number of fused-ring (bicyclic) bond motifs is 1. The average molecular weight is 233 g/mol. The van der Waals surface area contributed by atoms with Crippen molar-refractivity contribution in [3.05, 3.63) is 47.3 Å². The van der Waals surface area contributed by atoms with Crippen LogP contribution in [0.3, 0.4) is 0 Å². The minimum Gasteiger partial charge on any atom is -0.360 e. The minimum absolute atomic E-state index is 0.670. The van der Waals surface area contributed by atoms with Crippen LogP contribution in [0.4, 0.5) is 5.69 Å². The standard InChI is InChI=1S/C11H9ClN4/c12-9-4-13-2-1-11(9)16-5-8-3-14-7-15-10(8)6-16/h1-4,7H,5-6H2. The van der Waals surface area contributed by atoms with E-state index in [1.54, 1.807) is 18.7 Å². The summed E-state index contributed by atoms with van der Waals surface area (Å²) in [5, 5.41) is 0.670. The van der Waals surface area contributed by atoms with Crippen molar-refractivity contribution < 1.29 is 0 Å². The van der Waals surface area contributed by atoms with Crippen molar-refractivity contribution in [1.29, 1.82) is 0 Å². The molecule has 0 saturated heterocycles. The van der Waals surface area contributed by atoms with Gasteiger partial charge in [-0.2, -0.15) is 0 Å². The number of hydrogen-bond acceptors (Lipinski definition) is 4. The molecule has 0 atom stereocenters. The van der Waals surface area contributed by atoms with Gasteiger partial charge < -0.3 is 4.90 Å². The maximum atomic E-state index is 6.11. The van der Waals surface area contributed by atoms with Crippen molar-refractivity contribution >= 4 is 17.3 Å². The molecule has 3 rings (SSSR count). The molecule has 0 aliphatic carbocycles. The van der Waals surface area contributed by atoms with Gasteiger partial charge >= 0.3 is 0 Å². The quantitative estimate of drug-likeness (QED) is 0.755. The summed E-state index contributed by atoms with van der Waals surface area (Å²) in [6.07, 6.45) is 6.84. The van der Waals surface area contributed by atoms with E-state index < -0.39 is 0 Å². The molecule has 0 radical (unpaired) electrons. The molecule has 0 fully saturated rings. The van der Waals surface area contributed by atoms with E-state index in [4.69, 9.17) is 11.6 Å². The Morgan fingerprint density at radius 1 is 1.19 bits per heavy atom. The number of pyridine rings is 1. The fourth-order valence-electron chi connectivity index (χ4n) is 1.90. The van der Waals surface area contributed by atoms with Gasteiger partial charge in [0.15, 0.2) is 0 Å². The molecular formula is C11H9ClN4. The lowest BCUT2D eigenvalue weighted by molar-refractivity contribution is 0.869. The van der Waals surface area contributed by atoms with Crippen LogP contribution in [0.5, 0.6) is 0 Å². The first-order valence-electron chi connectivity index (χ1n) is 4.97. The number of nitrogens with zero attached hydrogens (tertiary/aromatic N) is 4. The SMILES string of the molecule is Clc1cnccc1N1Cc2cncnc2C1. The van der Waals surface area contributed by atoms with Crippen LogP contribution in [0.25, 0.3) is 0 Å². The highest BCUT2D eigenvalue weighted by Crippen LogP contribution is 2.30. The fraction of sp³-hybridized carbons (Fsp3) is 0.182. The molecular weight excluding hydrogens is 224 g/mol. The summed E-state index contributed by atoms with van der Waals surface area (Å²) < 4.78 is 0. The lowest BCUT2D eigenvalue weighted by Gasteiger charge is -2.18. The van der Waals surface area contributed by atoms with Gasteiger partial charge in [0.1, 0.15) is 6.33 Å². The second-order valence-corrected chi connectivity index (χ2v) is 4.09. The van der Waals surface area contributed by atoms with Crippen molar-refractivity contribution in [2.24, 2.45) is 0 Å². The largest absolute Gasteiger partial charge is 0.360 e. The number of halogens is 1. The molecule has 1 aliphatic heterocycles. The molecule has 16 heavy (non-hydrogen) atoms. The van der Waals surface area contributed by atoms with Gasteiger partial charge in [-0.3, -0.25) is 4.98 Å². The maximum absolute atomic E-state index is 6.11. The van der Waals surface area contributed by atoms with Gasteiger partial charge in [0.25, 0.3) is 0 Å². The molecule has 1 aliphatic rings. The Balaban J connectivity index is 1.95. The van der Waals surface area contributed by atoms with E-state index in [2.05, 4.69) is 19.9 Å². The molecule has 0 aromatic carbocycles. The van der Waals surface area contributed by atoms with Gasteiger partial charge in [-0.05, 0) is 6.07 Å². The van der Waals surface area contributed by atoms with Crippen molar-refractivity contribution in [1.82, 2.24) is 15.0 Å². The van der Waals surface area contributed by atoms with Gasteiger partial charge in [0, 0.05) is 30.7 Å². The summed E-state index contributed by atoms with van der Waals surface area (Å²) in [4.78, 5) is 14.4. The van der Waals surface area contributed by atoms with Gasteiger partial charge in [0.2, 0.25) is 0 Å². The lowest BCUT2D eigenvalue weighted by Crippen LogP contribution is -2.15. The second kappa shape index (κ2) is 3.72. The molecule has 0 saturated carbocycles. The van der Waals surface area contributed by atoms with Crippen LogP contribution in [0.15, 0.2) is 31.0 Å². The molecule has 5 heteroatoms. The van der Waals surface area contributed by atoms with E-state index >= 15 is 0 Å². The van der Waals surface area contributed by atoms with E-state index in [1.807, 2.05) is 12.3 Å². The van der Waals surface area contributed by atoms with Crippen LogP contribution in [0.2, 0.25) is 5.02 Å². The Morgan fingerprint density at radius 3 is 2.94 bits per heavy atom. The van der Waals surface area contributed by atoms with Crippen LogP contribution in [0, 0.1) is 0 Å². The summed E-state index contributed by atoms with van der Waals surface area (Å²) in [6.45, 7) is 1.58. The Kier molecular flexibility index (Phi) is 2.22. The van der Waals surface area contributed by atoms with Crippen LogP contribution < -0.4 is 4.90 Å². The first kappa shape index (κ1) is 9.54. The Labute approximate surface area is 97.9 Å². The van der Waals surface area contributed by atoms with Gasteiger partial charge in [-0.25, -0.2) is 9.97 Å². The van der Waals surface area contributed by atoms with Crippen molar-refractivity contribution in [2.45, 2.75) is 13.1 Å². The summed E-state index contributed by atoms with van der Waals surface area (Å²) >= 11 is 6.11. The fourth-order valence-corrected chi connectivity index (χ4v) is 2.13. The highest BCUT2D eigenvalue weighted by molar-refractivity contribution is 6.33. The van der Waals surface area contributed by atoms with Crippen molar-refractivity contribution in [3.63, 3.8) is 0 Å². The van der Waals surface area contributed by atoms with E-state index in [1.165, 1.54) is 0 Å². The molecule has 0 N–H and O–H groups in total. The van der Waals surface area contributed by atoms with Crippen LogP contribution in [0.1, 0.15) is 11.3 Å². The third-order valence-electron chi connectivity index (χ3n) is 2.67. The Hall–Kier alpha value is -1.68. The number of hydrogen-bond donors (Lipinski definition) is 0. The summed E-state index contributed by atoms with van der Waals surface area (Å²) in [5.74, 6) is 0. The predicted molar refractivity (Wildman–Crippen MR) is 61.2 cm³/mol. The zero-order valence-corrected chi connectivity index (χ0v) is 9.22. The molecule has 80 valence electrons. The normalized spacial score (nSPS) is 13.9. The summed E-state index contributed by atoms with van der Waals surface area (Å²) in [7, 11) is 0. The average Bonchev–Trinajstić information content (AvgIpc) is 2.73. The first-order chi connectivity index (χ1) is 7.84. The minimum atomic E-state index is 0.670. The summed E-state index contributed by atoms with van der Waals surface area (Å²) in [6, 6.07) is 1.92. The van der Waals surface area contributed by atoms with Crippen molar-refractivity contribution in [3.8, 4) is 0 Å². The molecule has 2 aromatic rings. The Bertz CT molecular complexity index is 504. The smallest absolute Gasteiger partial charge is 0.115 e. The third kappa shape index (κ3) is 1.51. The zero-order chi connectivity index (χ0) is 11.0. The first-order valence-corrected chi connectivity index (χ1v) is 5.34. The third-order valence-corrected chi connectivity index (χ3v) is 2.97. The molecule has 4 nitrogen and oxygen atoms in total. The zero-order valence-electron chi connectivity index (χ0n) is 8.47. The van der Waals surface area contributed by atoms with Gasteiger partial charge in [-0.15, -0.1) is 0 Å². The molecule has 3 heterocycles. The molecule has 2 aromatic heterocycles. The maximum Gasteiger partial charge on any atom is 0.115 e. The van der Waals surface area contributed by atoms with Crippen molar-refractivity contribution in [2.75, 3.05) is 4.90 Å². The van der Waals surface area contributed by atoms with E-state index in [0.717, 1.165) is 30.0 Å². The van der Waals surface area contributed by atoms with E-state index in [9.17, 15) is 0 Å². The molecule has 0 unspecified atom stereocenters. The molecule has 0 amide bonds. The van der Waals surface area contributed by atoms with Crippen LogP contribution in [-0.4, -0.2) is 15.0 Å².